The number of aromatic nitrogens is 2. The minimum atomic E-state index is 0.298. The maximum absolute atomic E-state index is 8.84. The van der Waals surface area contributed by atoms with Crippen molar-refractivity contribution in [2.75, 3.05) is 12.3 Å². The van der Waals surface area contributed by atoms with E-state index in [1.807, 2.05) is 0 Å². The van der Waals surface area contributed by atoms with Crippen LogP contribution in [0, 0.1) is 5.92 Å². The highest BCUT2D eigenvalue weighted by atomic mass is 16.3. The molecule has 1 aromatic heterocycles. The number of nitrogen functional groups attached to an aromatic ring is 1. The van der Waals surface area contributed by atoms with Crippen LogP contribution in [0.3, 0.4) is 0 Å². The fraction of sp³-hybridized carbons (Fsp3) is 0.556. The van der Waals surface area contributed by atoms with Gasteiger partial charge < -0.3 is 10.8 Å². The second kappa shape index (κ2) is 3.30. The lowest BCUT2D eigenvalue weighted by Crippen LogP contribution is -2.24. The second-order valence-electron chi connectivity index (χ2n) is 3.59. The molecule has 70 valence electrons. The summed E-state index contributed by atoms with van der Waals surface area (Å²) in [6.07, 6.45) is 5.65. The summed E-state index contributed by atoms with van der Waals surface area (Å²) >= 11 is 0. The number of anilines is 1. The van der Waals surface area contributed by atoms with Crippen LogP contribution in [0.15, 0.2) is 12.4 Å². The molecule has 13 heavy (non-hydrogen) atoms. The topological polar surface area (TPSA) is 72.0 Å². The summed E-state index contributed by atoms with van der Waals surface area (Å²) in [7, 11) is 0. The first-order valence-corrected chi connectivity index (χ1v) is 4.48. The molecule has 4 nitrogen and oxygen atoms in total. The van der Waals surface area contributed by atoms with Gasteiger partial charge in [-0.05, 0) is 30.2 Å². The van der Waals surface area contributed by atoms with Crippen molar-refractivity contribution in [1.82, 2.24) is 9.97 Å². The quantitative estimate of drug-likeness (QED) is 0.695. The highest BCUT2D eigenvalue weighted by Crippen LogP contribution is 2.40. The molecule has 0 spiro atoms. The maximum Gasteiger partial charge on any atom is 0.219 e. The Morgan fingerprint density at radius 1 is 1.38 bits per heavy atom. The van der Waals surface area contributed by atoms with Gasteiger partial charge in [0.1, 0.15) is 0 Å². The number of hydrogen-bond donors (Lipinski definition) is 2. The highest BCUT2D eigenvalue weighted by molar-refractivity contribution is 5.21. The summed E-state index contributed by atoms with van der Waals surface area (Å²) in [4.78, 5) is 7.87. The molecule has 1 fully saturated rings. The van der Waals surface area contributed by atoms with E-state index in [4.69, 9.17) is 10.8 Å². The number of nitrogens with zero attached hydrogens (tertiary/aromatic N) is 2. The Bertz CT molecular complexity index is 279. The summed E-state index contributed by atoms with van der Waals surface area (Å²) in [6, 6.07) is 0. The minimum absolute atomic E-state index is 0.298. The first kappa shape index (κ1) is 8.44. The van der Waals surface area contributed by atoms with E-state index in [0.717, 1.165) is 18.4 Å². The number of aliphatic hydroxyl groups excluding tert-OH is 1. The SMILES string of the molecule is Nc1ncc(C2CC(CO)C2)cn1. The molecule has 0 atom stereocenters. The van der Waals surface area contributed by atoms with Crippen molar-refractivity contribution >= 4 is 5.95 Å². The second-order valence-corrected chi connectivity index (χ2v) is 3.59. The van der Waals surface area contributed by atoms with Gasteiger partial charge in [0, 0.05) is 19.0 Å². The van der Waals surface area contributed by atoms with Gasteiger partial charge >= 0.3 is 0 Å². The normalized spacial score (nSPS) is 26.8. The van der Waals surface area contributed by atoms with Crippen LogP contribution >= 0.6 is 0 Å². The molecule has 0 bridgehead atoms. The zero-order chi connectivity index (χ0) is 9.26. The van der Waals surface area contributed by atoms with E-state index < -0.39 is 0 Å². The van der Waals surface area contributed by atoms with Crippen molar-refractivity contribution in [2.24, 2.45) is 5.92 Å². The van der Waals surface area contributed by atoms with Crippen molar-refractivity contribution in [3.8, 4) is 0 Å². The van der Waals surface area contributed by atoms with Crippen LogP contribution in [0.2, 0.25) is 0 Å². The molecule has 0 aliphatic heterocycles. The predicted molar refractivity (Wildman–Crippen MR) is 49.0 cm³/mol. The summed E-state index contributed by atoms with van der Waals surface area (Å²) in [6.45, 7) is 0.298. The zero-order valence-electron chi connectivity index (χ0n) is 7.35. The number of aliphatic hydroxyl groups is 1. The van der Waals surface area contributed by atoms with Crippen molar-refractivity contribution in [3.05, 3.63) is 18.0 Å². The van der Waals surface area contributed by atoms with Gasteiger partial charge in [-0.15, -0.1) is 0 Å². The summed E-state index contributed by atoms with van der Waals surface area (Å²) < 4.78 is 0. The molecule has 0 unspecified atom stereocenters. The van der Waals surface area contributed by atoms with E-state index in [1.54, 1.807) is 12.4 Å². The predicted octanol–water partition coefficient (Wildman–Crippen LogP) is 0.545. The van der Waals surface area contributed by atoms with E-state index in [2.05, 4.69) is 9.97 Å². The Morgan fingerprint density at radius 3 is 2.54 bits per heavy atom. The van der Waals surface area contributed by atoms with Gasteiger partial charge in [0.2, 0.25) is 5.95 Å². The molecular formula is C9H13N3O. The molecule has 4 heteroatoms. The van der Waals surface area contributed by atoms with E-state index in [1.165, 1.54) is 0 Å². The van der Waals surface area contributed by atoms with Crippen molar-refractivity contribution in [3.63, 3.8) is 0 Å². The van der Waals surface area contributed by atoms with E-state index in [0.29, 0.717) is 24.4 Å². The molecule has 1 saturated carbocycles. The molecule has 1 aromatic rings. The Kier molecular flexibility index (Phi) is 2.14. The molecular weight excluding hydrogens is 166 g/mol. The van der Waals surface area contributed by atoms with Crippen LogP contribution in [0.1, 0.15) is 24.3 Å². The third-order valence-corrected chi connectivity index (χ3v) is 2.66. The Hall–Kier alpha value is -1.16. The molecule has 0 saturated heterocycles. The fourth-order valence-electron chi connectivity index (χ4n) is 1.72. The van der Waals surface area contributed by atoms with E-state index in [9.17, 15) is 0 Å². The molecule has 1 aliphatic carbocycles. The standard InChI is InChI=1S/C9H13N3O/c10-9-11-3-8(4-12-9)7-1-6(2-7)5-13/h3-4,6-7,13H,1-2,5H2,(H2,10,11,12). The first-order chi connectivity index (χ1) is 6.29. The minimum Gasteiger partial charge on any atom is -0.396 e. The third kappa shape index (κ3) is 1.62. The van der Waals surface area contributed by atoms with Gasteiger partial charge in [-0.1, -0.05) is 0 Å². The Balaban J connectivity index is 1.99. The highest BCUT2D eigenvalue weighted by Gasteiger charge is 2.29. The molecule has 1 heterocycles. The molecule has 0 amide bonds. The summed E-state index contributed by atoms with van der Waals surface area (Å²) in [5.74, 6) is 1.32. The van der Waals surface area contributed by atoms with Crippen LogP contribution in [0.4, 0.5) is 5.95 Å². The molecule has 2 rings (SSSR count). The summed E-state index contributed by atoms with van der Waals surface area (Å²) in [5, 5.41) is 8.84. The zero-order valence-corrected chi connectivity index (χ0v) is 7.35. The fourth-order valence-corrected chi connectivity index (χ4v) is 1.72. The van der Waals surface area contributed by atoms with Crippen LogP contribution in [-0.4, -0.2) is 21.7 Å². The molecule has 0 aromatic carbocycles. The number of nitrogens with two attached hydrogens (primary N) is 1. The van der Waals surface area contributed by atoms with E-state index in [-0.39, 0.29) is 0 Å². The van der Waals surface area contributed by atoms with Gasteiger partial charge in [-0.25, -0.2) is 9.97 Å². The molecule has 0 radical (unpaired) electrons. The van der Waals surface area contributed by atoms with Crippen LogP contribution in [0.25, 0.3) is 0 Å². The van der Waals surface area contributed by atoms with Gasteiger partial charge in [0.25, 0.3) is 0 Å². The monoisotopic (exact) mass is 179 g/mol. The van der Waals surface area contributed by atoms with Crippen LogP contribution in [0.5, 0.6) is 0 Å². The maximum atomic E-state index is 8.84. The first-order valence-electron chi connectivity index (χ1n) is 4.48. The van der Waals surface area contributed by atoms with Crippen LogP contribution in [-0.2, 0) is 0 Å². The Labute approximate surface area is 76.8 Å². The molecule has 3 N–H and O–H groups in total. The van der Waals surface area contributed by atoms with Gasteiger partial charge in [-0.3, -0.25) is 0 Å². The number of hydrogen-bond acceptors (Lipinski definition) is 4. The molecule has 1 aliphatic rings. The van der Waals surface area contributed by atoms with Crippen molar-refractivity contribution < 1.29 is 5.11 Å². The van der Waals surface area contributed by atoms with Gasteiger partial charge in [-0.2, -0.15) is 0 Å². The Morgan fingerprint density at radius 2 is 2.00 bits per heavy atom. The van der Waals surface area contributed by atoms with Gasteiger partial charge in [0.15, 0.2) is 0 Å². The largest absolute Gasteiger partial charge is 0.396 e. The third-order valence-electron chi connectivity index (χ3n) is 2.66. The average molecular weight is 179 g/mol. The average Bonchev–Trinajstić information content (AvgIpc) is 2.06. The van der Waals surface area contributed by atoms with Crippen LogP contribution < -0.4 is 5.73 Å². The lowest BCUT2D eigenvalue weighted by atomic mass is 9.72. The van der Waals surface area contributed by atoms with E-state index >= 15 is 0 Å². The summed E-state index contributed by atoms with van der Waals surface area (Å²) in [5.41, 5.74) is 6.52. The lowest BCUT2D eigenvalue weighted by Gasteiger charge is -2.33. The number of rotatable bonds is 2. The van der Waals surface area contributed by atoms with Gasteiger partial charge in [0.05, 0.1) is 0 Å². The van der Waals surface area contributed by atoms with Crippen molar-refractivity contribution in [1.29, 1.82) is 0 Å². The smallest absolute Gasteiger partial charge is 0.219 e. The lowest BCUT2D eigenvalue weighted by molar-refractivity contribution is 0.142. The van der Waals surface area contributed by atoms with Crippen molar-refractivity contribution in [2.45, 2.75) is 18.8 Å².